The van der Waals surface area contributed by atoms with Gasteiger partial charge in [0.15, 0.2) is 0 Å². The van der Waals surface area contributed by atoms with Crippen molar-refractivity contribution in [2.45, 2.75) is 44.6 Å². The van der Waals surface area contributed by atoms with E-state index in [-0.39, 0.29) is 11.8 Å². The van der Waals surface area contributed by atoms with Crippen LogP contribution in [0.15, 0.2) is 30.3 Å². The lowest BCUT2D eigenvalue weighted by atomic mass is 9.96. The smallest absolute Gasteiger partial charge is 0.223 e. The van der Waals surface area contributed by atoms with Crippen LogP contribution in [-0.4, -0.2) is 43.2 Å². The monoisotopic (exact) mass is 304 g/mol. The molecule has 1 heterocycles. The van der Waals surface area contributed by atoms with Gasteiger partial charge in [-0.05, 0) is 37.3 Å². The third kappa shape index (κ3) is 5.11. The second-order valence-corrected chi connectivity index (χ2v) is 6.11. The second kappa shape index (κ2) is 8.91. The van der Waals surface area contributed by atoms with E-state index >= 15 is 0 Å². The first kappa shape index (κ1) is 17.0. The van der Waals surface area contributed by atoms with Gasteiger partial charge in [0.05, 0.1) is 6.10 Å². The molecule has 0 bridgehead atoms. The molecule has 0 saturated carbocycles. The van der Waals surface area contributed by atoms with Crippen LogP contribution in [0.5, 0.6) is 0 Å². The Kier molecular flexibility index (Phi) is 6.87. The van der Waals surface area contributed by atoms with Crippen molar-refractivity contribution in [2.24, 2.45) is 5.73 Å². The Morgan fingerprint density at radius 2 is 2.00 bits per heavy atom. The SMILES string of the molecule is CC(CC(=O)N1CCC(OCCCN)CC1)c1ccccc1. The number of amides is 1. The molecule has 1 amide bonds. The molecule has 1 atom stereocenters. The van der Waals surface area contributed by atoms with Crippen molar-refractivity contribution >= 4 is 5.91 Å². The normalized spacial score (nSPS) is 17.5. The summed E-state index contributed by atoms with van der Waals surface area (Å²) in [4.78, 5) is 14.4. The summed E-state index contributed by atoms with van der Waals surface area (Å²) in [6.07, 6.45) is 3.67. The highest BCUT2D eigenvalue weighted by Crippen LogP contribution is 2.21. The molecule has 0 aliphatic carbocycles. The van der Waals surface area contributed by atoms with Crippen LogP contribution in [0.1, 0.15) is 44.1 Å². The van der Waals surface area contributed by atoms with Crippen LogP contribution < -0.4 is 5.73 Å². The largest absolute Gasteiger partial charge is 0.378 e. The van der Waals surface area contributed by atoms with Crippen molar-refractivity contribution < 1.29 is 9.53 Å². The zero-order chi connectivity index (χ0) is 15.8. The minimum Gasteiger partial charge on any atom is -0.378 e. The molecule has 1 saturated heterocycles. The first-order valence-corrected chi connectivity index (χ1v) is 8.35. The number of benzene rings is 1. The summed E-state index contributed by atoms with van der Waals surface area (Å²) in [6, 6.07) is 10.2. The van der Waals surface area contributed by atoms with Crippen LogP contribution in [0.25, 0.3) is 0 Å². The molecule has 4 nitrogen and oxygen atoms in total. The maximum atomic E-state index is 12.4. The molecular weight excluding hydrogens is 276 g/mol. The molecule has 1 aromatic carbocycles. The Morgan fingerprint density at radius 3 is 2.64 bits per heavy atom. The Morgan fingerprint density at radius 1 is 1.32 bits per heavy atom. The van der Waals surface area contributed by atoms with Crippen LogP contribution in [-0.2, 0) is 9.53 Å². The fourth-order valence-corrected chi connectivity index (χ4v) is 2.90. The highest BCUT2D eigenvalue weighted by molar-refractivity contribution is 5.77. The fraction of sp³-hybridized carbons (Fsp3) is 0.611. The summed E-state index contributed by atoms with van der Waals surface area (Å²) in [5.74, 6) is 0.531. The molecule has 1 aromatic rings. The van der Waals surface area contributed by atoms with Crippen LogP contribution >= 0.6 is 0 Å². The molecule has 0 aromatic heterocycles. The van der Waals surface area contributed by atoms with Gasteiger partial charge in [0.25, 0.3) is 0 Å². The third-order valence-corrected chi connectivity index (χ3v) is 4.35. The molecule has 1 aliphatic rings. The average molecular weight is 304 g/mol. The number of carbonyl (C=O) groups is 1. The van der Waals surface area contributed by atoms with Gasteiger partial charge in [-0.25, -0.2) is 0 Å². The molecule has 2 N–H and O–H groups in total. The maximum Gasteiger partial charge on any atom is 0.223 e. The summed E-state index contributed by atoms with van der Waals surface area (Å²) < 4.78 is 5.78. The number of piperidine rings is 1. The van der Waals surface area contributed by atoms with Crippen LogP contribution in [0, 0.1) is 0 Å². The van der Waals surface area contributed by atoms with Crippen molar-refractivity contribution in [1.29, 1.82) is 0 Å². The van der Waals surface area contributed by atoms with Gasteiger partial charge >= 0.3 is 0 Å². The standard InChI is InChI=1S/C18H28N2O2/c1-15(16-6-3-2-4-7-16)14-18(21)20-11-8-17(9-12-20)22-13-5-10-19/h2-4,6-7,15,17H,5,8-14,19H2,1H3. The number of rotatable bonds is 7. The molecule has 1 unspecified atom stereocenters. The minimum atomic E-state index is 0.261. The van der Waals surface area contributed by atoms with Gasteiger partial charge in [-0.2, -0.15) is 0 Å². The predicted octanol–water partition coefficient (Wildman–Crippen LogP) is 2.54. The van der Waals surface area contributed by atoms with E-state index in [4.69, 9.17) is 10.5 Å². The van der Waals surface area contributed by atoms with Crippen molar-refractivity contribution in [2.75, 3.05) is 26.2 Å². The molecule has 1 fully saturated rings. The molecule has 0 spiro atoms. The van der Waals surface area contributed by atoms with Gasteiger partial charge in [0.2, 0.25) is 5.91 Å². The van der Waals surface area contributed by atoms with E-state index in [0.29, 0.717) is 19.1 Å². The van der Waals surface area contributed by atoms with Gasteiger partial charge in [-0.1, -0.05) is 37.3 Å². The first-order valence-electron chi connectivity index (χ1n) is 8.35. The number of hydrogen-bond donors (Lipinski definition) is 1. The highest BCUT2D eigenvalue weighted by atomic mass is 16.5. The number of hydrogen-bond acceptors (Lipinski definition) is 3. The third-order valence-electron chi connectivity index (χ3n) is 4.35. The van der Waals surface area contributed by atoms with E-state index in [0.717, 1.165) is 39.0 Å². The summed E-state index contributed by atoms with van der Waals surface area (Å²) in [6.45, 7) is 5.16. The van der Waals surface area contributed by atoms with E-state index in [9.17, 15) is 4.79 Å². The van der Waals surface area contributed by atoms with Crippen molar-refractivity contribution in [1.82, 2.24) is 4.90 Å². The van der Waals surface area contributed by atoms with Crippen molar-refractivity contribution in [3.8, 4) is 0 Å². The van der Waals surface area contributed by atoms with Gasteiger partial charge in [-0.15, -0.1) is 0 Å². The first-order chi connectivity index (χ1) is 10.7. The fourth-order valence-electron chi connectivity index (χ4n) is 2.90. The van der Waals surface area contributed by atoms with E-state index in [1.165, 1.54) is 5.56 Å². The van der Waals surface area contributed by atoms with E-state index < -0.39 is 0 Å². The van der Waals surface area contributed by atoms with Crippen molar-refractivity contribution in [3.05, 3.63) is 35.9 Å². The van der Waals surface area contributed by atoms with Crippen LogP contribution in [0.4, 0.5) is 0 Å². The Balaban J connectivity index is 1.73. The van der Waals surface area contributed by atoms with Crippen LogP contribution in [0.3, 0.4) is 0 Å². The zero-order valence-electron chi connectivity index (χ0n) is 13.5. The van der Waals surface area contributed by atoms with Crippen LogP contribution in [0.2, 0.25) is 0 Å². The van der Waals surface area contributed by atoms with E-state index in [1.54, 1.807) is 0 Å². The molecule has 4 heteroatoms. The molecular formula is C18H28N2O2. The lowest BCUT2D eigenvalue weighted by molar-refractivity contribution is -0.134. The summed E-state index contributed by atoms with van der Waals surface area (Å²) in [7, 11) is 0. The molecule has 22 heavy (non-hydrogen) atoms. The number of nitrogens with zero attached hydrogens (tertiary/aromatic N) is 1. The number of nitrogens with two attached hydrogens (primary N) is 1. The molecule has 0 radical (unpaired) electrons. The van der Waals surface area contributed by atoms with Gasteiger partial charge in [-0.3, -0.25) is 4.79 Å². The molecule has 122 valence electrons. The maximum absolute atomic E-state index is 12.4. The van der Waals surface area contributed by atoms with E-state index in [2.05, 4.69) is 19.1 Å². The van der Waals surface area contributed by atoms with Gasteiger partial charge < -0.3 is 15.4 Å². The number of carbonyl (C=O) groups excluding carboxylic acids is 1. The van der Waals surface area contributed by atoms with E-state index in [1.807, 2.05) is 23.1 Å². The Bertz CT molecular complexity index is 442. The Hall–Kier alpha value is -1.39. The zero-order valence-corrected chi connectivity index (χ0v) is 13.5. The Labute approximate surface area is 133 Å². The predicted molar refractivity (Wildman–Crippen MR) is 88.7 cm³/mol. The van der Waals surface area contributed by atoms with Gasteiger partial charge in [0.1, 0.15) is 0 Å². The second-order valence-electron chi connectivity index (χ2n) is 6.11. The lowest BCUT2D eigenvalue weighted by Crippen LogP contribution is -2.41. The summed E-state index contributed by atoms with van der Waals surface area (Å²) in [5, 5.41) is 0. The summed E-state index contributed by atoms with van der Waals surface area (Å²) >= 11 is 0. The number of likely N-dealkylation sites (tertiary alicyclic amines) is 1. The average Bonchev–Trinajstić information content (AvgIpc) is 2.56. The summed E-state index contributed by atoms with van der Waals surface area (Å²) in [5.41, 5.74) is 6.70. The highest BCUT2D eigenvalue weighted by Gasteiger charge is 2.24. The quantitative estimate of drug-likeness (QED) is 0.788. The lowest BCUT2D eigenvalue weighted by Gasteiger charge is -2.32. The topological polar surface area (TPSA) is 55.6 Å². The molecule has 2 rings (SSSR count). The molecule has 1 aliphatic heterocycles. The van der Waals surface area contributed by atoms with Gasteiger partial charge in [0, 0.05) is 26.1 Å². The minimum absolute atomic E-state index is 0.261. The number of ether oxygens (including phenoxy) is 1. The van der Waals surface area contributed by atoms with Crippen molar-refractivity contribution in [3.63, 3.8) is 0 Å².